The number of carbonyl (C=O) groups excluding carboxylic acids is 1. The number of benzene rings is 2. The van der Waals surface area contributed by atoms with Crippen LogP contribution >= 0.6 is 0 Å². The van der Waals surface area contributed by atoms with Gasteiger partial charge in [-0.05, 0) is 55.3 Å². The van der Waals surface area contributed by atoms with E-state index in [0.717, 1.165) is 6.07 Å². The van der Waals surface area contributed by atoms with Crippen molar-refractivity contribution in [3.63, 3.8) is 0 Å². The van der Waals surface area contributed by atoms with Crippen LogP contribution < -0.4 is 0 Å². The summed E-state index contributed by atoms with van der Waals surface area (Å²) in [6.45, 7) is 5.33. The monoisotopic (exact) mass is 403 g/mol. The number of carbonyl (C=O) groups is 1. The zero-order chi connectivity index (χ0) is 20.8. The number of amides is 1. The number of nitrogens with zero attached hydrogens (tertiary/aromatic N) is 1. The Hall–Kier alpha value is -2.80. The van der Waals surface area contributed by atoms with Crippen LogP contribution in [0.15, 0.2) is 53.1 Å². The Labute approximate surface area is 165 Å². The highest BCUT2D eigenvalue weighted by Gasteiger charge is 2.35. The normalized spacial score (nSPS) is 16.9. The van der Waals surface area contributed by atoms with E-state index < -0.39 is 17.3 Å². The molecule has 1 aromatic heterocycles. The molecule has 1 aliphatic heterocycles. The fraction of sp³-hybridized carbons (Fsp3) is 0.318. The van der Waals surface area contributed by atoms with Gasteiger partial charge in [-0.1, -0.05) is 12.1 Å². The number of alkyl halides is 3. The molecule has 0 unspecified atom stereocenters. The van der Waals surface area contributed by atoms with Crippen molar-refractivity contribution >= 4 is 16.9 Å². The van der Waals surface area contributed by atoms with Crippen LogP contribution in [0.3, 0.4) is 0 Å². The largest absolute Gasteiger partial charge is 0.464 e. The lowest BCUT2D eigenvalue weighted by molar-refractivity contribution is -0.136. The van der Waals surface area contributed by atoms with E-state index in [2.05, 4.69) is 0 Å². The first-order chi connectivity index (χ1) is 13.7. The van der Waals surface area contributed by atoms with Crippen molar-refractivity contribution in [1.29, 1.82) is 0 Å². The van der Waals surface area contributed by atoms with Gasteiger partial charge >= 0.3 is 6.18 Å². The van der Waals surface area contributed by atoms with Crippen LogP contribution in [0.25, 0.3) is 22.1 Å². The van der Waals surface area contributed by atoms with Gasteiger partial charge in [0.15, 0.2) is 0 Å². The second-order valence-corrected chi connectivity index (χ2v) is 7.76. The number of ether oxygens (including phenoxy) is 1. The third kappa shape index (κ3) is 3.62. The Bertz CT molecular complexity index is 1050. The van der Waals surface area contributed by atoms with Crippen LogP contribution in [0, 0.1) is 0 Å². The van der Waals surface area contributed by atoms with Crippen LogP contribution in [-0.4, -0.2) is 36.1 Å². The van der Waals surface area contributed by atoms with E-state index >= 15 is 0 Å². The van der Waals surface area contributed by atoms with Crippen LogP contribution in [-0.2, 0) is 10.9 Å². The predicted octanol–water partition coefficient (Wildman–Crippen LogP) is 5.37. The maximum Gasteiger partial charge on any atom is 0.420 e. The molecule has 0 saturated carbocycles. The van der Waals surface area contributed by atoms with Crippen LogP contribution in [0.1, 0.15) is 29.8 Å². The fourth-order valence-electron chi connectivity index (χ4n) is 3.66. The van der Waals surface area contributed by atoms with E-state index in [1.165, 1.54) is 12.3 Å². The van der Waals surface area contributed by atoms with Gasteiger partial charge < -0.3 is 14.1 Å². The minimum Gasteiger partial charge on any atom is -0.464 e. The maximum atomic E-state index is 13.4. The number of hydrogen-bond acceptors (Lipinski definition) is 3. The highest BCUT2D eigenvalue weighted by Crippen LogP contribution is 2.38. The van der Waals surface area contributed by atoms with Gasteiger partial charge in [0, 0.05) is 17.5 Å². The highest BCUT2D eigenvalue weighted by molar-refractivity contribution is 5.95. The van der Waals surface area contributed by atoms with Crippen molar-refractivity contribution in [3.05, 3.63) is 59.9 Å². The van der Waals surface area contributed by atoms with Crippen molar-refractivity contribution < 1.29 is 27.1 Å². The number of morpholine rings is 1. The van der Waals surface area contributed by atoms with Crippen LogP contribution in [0.4, 0.5) is 13.2 Å². The molecule has 3 aromatic rings. The maximum absolute atomic E-state index is 13.4. The quantitative estimate of drug-likeness (QED) is 0.578. The Morgan fingerprint density at radius 2 is 1.79 bits per heavy atom. The Morgan fingerprint density at radius 1 is 1.07 bits per heavy atom. The Balaban J connectivity index is 1.67. The summed E-state index contributed by atoms with van der Waals surface area (Å²) < 4.78 is 50.7. The molecular formula is C22H20F3NO3. The molecule has 0 bridgehead atoms. The molecule has 0 aliphatic carbocycles. The van der Waals surface area contributed by atoms with E-state index in [9.17, 15) is 18.0 Å². The molecule has 29 heavy (non-hydrogen) atoms. The summed E-state index contributed by atoms with van der Waals surface area (Å²) in [5.41, 5.74) is 0.0901. The van der Waals surface area contributed by atoms with Gasteiger partial charge in [0.1, 0.15) is 5.58 Å². The van der Waals surface area contributed by atoms with E-state index in [-0.39, 0.29) is 11.5 Å². The third-order valence-electron chi connectivity index (χ3n) is 5.21. The molecule has 1 fully saturated rings. The minimum atomic E-state index is -4.52. The summed E-state index contributed by atoms with van der Waals surface area (Å²) in [6.07, 6.45) is -3.28. The highest BCUT2D eigenvalue weighted by atomic mass is 19.4. The molecule has 0 N–H and O–H groups in total. The average molecular weight is 403 g/mol. The Morgan fingerprint density at radius 3 is 2.45 bits per heavy atom. The summed E-state index contributed by atoms with van der Waals surface area (Å²) in [6, 6.07) is 10.9. The molecule has 0 atom stereocenters. The average Bonchev–Trinajstić information content (AvgIpc) is 3.14. The lowest BCUT2D eigenvalue weighted by Crippen LogP contribution is -2.55. The lowest BCUT2D eigenvalue weighted by atomic mass is 9.98. The molecule has 0 spiro atoms. The number of furan rings is 1. The van der Waals surface area contributed by atoms with E-state index in [4.69, 9.17) is 9.15 Å². The molecule has 7 heteroatoms. The van der Waals surface area contributed by atoms with Gasteiger partial charge in [-0.25, -0.2) is 0 Å². The van der Waals surface area contributed by atoms with Gasteiger partial charge in [-0.15, -0.1) is 0 Å². The summed E-state index contributed by atoms with van der Waals surface area (Å²) in [5.74, 6) is -0.119. The van der Waals surface area contributed by atoms with Gasteiger partial charge in [0.25, 0.3) is 5.91 Å². The van der Waals surface area contributed by atoms with Crippen LogP contribution in [0.2, 0.25) is 0 Å². The SMILES string of the molecule is CC1(C)COCCN1C(=O)c1ccc(-c2cc(C(F)(F)F)c3occc3c2)cc1. The molecule has 0 radical (unpaired) electrons. The van der Waals surface area contributed by atoms with Crippen molar-refractivity contribution in [3.8, 4) is 11.1 Å². The zero-order valence-corrected chi connectivity index (χ0v) is 16.0. The van der Waals surface area contributed by atoms with Crippen molar-refractivity contribution in [2.75, 3.05) is 19.8 Å². The first-order valence-electron chi connectivity index (χ1n) is 9.25. The second kappa shape index (κ2) is 6.91. The number of rotatable bonds is 2. The Kier molecular flexibility index (Phi) is 4.65. The van der Waals surface area contributed by atoms with Gasteiger partial charge in [-0.2, -0.15) is 13.2 Å². The van der Waals surface area contributed by atoms with Gasteiger partial charge in [-0.3, -0.25) is 4.79 Å². The topological polar surface area (TPSA) is 42.7 Å². The molecule has 1 saturated heterocycles. The second-order valence-electron chi connectivity index (χ2n) is 7.76. The number of hydrogen-bond donors (Lipinski definition) is 0. The first-order valence-corrected chi connectivity index (χ1v) is 9.25. The zero-order valence-electron chi connectivity index (χ0n) is 16.0. The van der Waals surface area contributed by atoms with E-state index in [1.54, 1.807) is 35.2 Å². The summed E-state index contributed by atoms with van der Waals surface area (Å²) in [5, 5.41) is 0.380. The molecule has 2 heterocycles. The van der Waals surface area contributed by atoms with Crippen molar-refractivity contribution in [2.24, 2.45) is 0 Å². The molecule has 1 aliphatic rings. The standard InChI is InChI=1S/C22H20F3NO3/c1-21(2)13-28-10-8-26(21)20(27)15-5-3-14(4-6-15)17-11-16-7-9-29-19(16)18(12-17)22(23,24)25/h3-7,9,11-12H,8,10,13H2,1-2H3. The van der Waals surface area contributed by atoms with Crippen molar-refractivity contribution in [2.45, 2.75) is 25.6 Å². The van der Waals surface area contributed by atoms with E-state index in [0.29, 0.717) is 41.8 Å². The molecule has 152 valence electrons. The molecule has 2 aromatic carbocycles. The summed E-state index contributed by atoms with van der Waals surface area (Å²) in [7, 11) is 0. The summed E-state index contributed by atoms with van der Waals surface area (Å²) in [4.78, 5) is 14.7. The fourth-order valence-corrected chi connectivity index (χ4v) is 3.66. The number of fused-ring (bicyclic) bond motifs is 1. The number of halogens is 3. The minimum absolute atomic E-state index is 0.119. The third-order valence-corrected chi connectivity index (χ3v) is 5.21. The first kappa shape index (κ1) is 19.5. The lowest BCUT2D eigenvalue weighted by Gasteiger charge is -2.42. The van der Waals surface area contributed by atoms with Crippen molar-refractivity contribution in [1.82, 2.24) is 4.90 Å². The van der Waals surface area contributed by atoms with Gasteiger partial charge in [0.2, 0.25) is 0 Å². The molecular weight excluding hydrogens is 383 g/mol. The smallest absolute Gasteiger partial charge is 0.420 e. The molecule has 4 nitrogen and oxygen atoms in total. The van der Waals surface area contributed by atoms with Gasteiger partial charge in [0.05, 0.1) is 30.6 Å². The molecule has 1 amide bonds. The van der Waals surface area contributed by atoms with E-state index in [1.807, 2.05) is 13.8 Å². The predicted molar refractivity (Wildman–Crippen MR) is 103 cm³/mol. The van der Waals surface area contributed by atoms with Crippen LogP contribution in [0.5, 0.6) is 0 Å². The summed E-state index contributed by atoms with van der Waals surface area (Å²) >= 11 is 0. The molecule has 4 rings (SSSR count).